The molecule has 2 atom stereocenters. The van der Waals surface area contributed by atoms with Crippen molar-refractivity contribution in [2.24, 2.45) is 0 Å². The first kappa shape index (κ1) is 21.6. The zero-order valence-corrected chi connectivity index (χ0v) is 19.7. The van der Waals surface area contributed by atoms with E-state index in [1.807, 2.05) is 0 Å². The van der Waals surface area contributed by atoms with Crippen LogP contribution in [0.3, 0.4) is 0 Å². The molecule has 2 aromatic carbocycles. The summed E-state index contributed by atoms with van der Waals surface area (Å²) >= 11 is 11.8. The molecule has 0 aromatic heterocycles. The van der Waals surface area contributed by atoms with E-state index in [0.29, 0.717) is 29.0 Å². The van der Waals surface area contributed by atoms with Crippen molar-refractivity contribution in [1.82, 2.24) is 5.32 Å². The molecule has 1 aliphatic rings. The van der Waals surface area contributed by atoms with Crippen molar-refractivity contribution in [3.63, 3.8) is 0 Å². The van der Waals surface area contributed by atoms with Crippen LogP contribution in [0.4, 0.5) is 5.69 Å². The van der Waals surface area contributed by atoms with Gasteiger partial charge >= 0.3 is 0 Å². The summed E-state index contributed by atoms with van der Waals surface area (Å²) < 4.78 is 0. The summed E-state index contributed by atoms with van der Waals surface area (Å²) in [6.45, 7) is 0. The van der Waals surface area contributed by atoms with Crippen LogP contribution in [-0.2, 0) is 6.42 Å². The Balaban J connectivity index is 0.00000243. The summed E-state index contributed by atoms with van der Waals surface area (Å²) in [4.78, 5) is 23.0. The van der Waals surface area contributed by atoms with Gasteiger partial charge < -0.3 is 10.4 Å². The van der Waals surface area contributed by atoms with Gasteiger partial charge in [-0.15, -0.1) is 0 Å². The van der Waals surface area contributed by atoms with Gasteiger partial charge in [-0.05, 0) is 42.2 Å². The van der Waals surface area contributed by atoms with Crippen molar-refractivity contribution in [2.45, 2.75) is 25.0 Å². The van der Waals surface area contributed by atoms with E-state index >= 15 is 0 Å². The summed E-state index contributed by atoms with van der Waals surface area (Å²) in [5.74, 6) is -0.443. The maximum absolute atomic E-state index is 12.5. The molecule has 0 heterocycles. The molecule has 6 nitrogen and oxygen atoms in total. The third-order valence-corrected chi connectivity index (χ3v) is 4.98. The van der Waals surface area contributed by atoms with E-state index in [2.05, 4.69) is 5.32 Å². The number of carbonyl (C=O) groups excluding carboxylic acids is 1. The number of aliphatic hydroxyl groups is 1. The van der Waals surface area contributed by atoms with Crippen LogP contribution in [0.5, 0.6) is 0 Å². The molecule has 2 aromatic rings. The van der Waals surface area contributed by atoms with Crippen LogP contribution in [0.15, 0.2) is 36.4 Å². The van der Waals surface area contributed by atoms with Crippen LogP contribution in [0.25, 0.3) is 0 Å². The van der Waals surface area contributed by atoms with Gasteiger partial charge in [0.05, 0.1) is 27.1 Å². The first-order valence-corrected chi connectivity index (χ1v) is 8.33. The molecule has 3 rings (SSSR count). The fraction of sp³-hybridized carbons (Fsp3) is 0.235. The number of nitro benzene ring substituents is 1. The minimum absolute atomic E-state index is 0. The minimum Gasteiger partial charge on any atom is -0.391 e. The zero-order valence-electron chi connectivity index (χ0n) is 13.5. The Morgan fingerprint density at radius 2 is 1.92 bits per heavy atom. The maximum Gasteiger partial charge on any atom is 0.269 e. The number of non-ortho nitro benzene ring substituents is 1. The van der Waals surface area contributed by atoms with E-state index in [-0.39, 0.29) is 54.8 Å². The second-order valence-corrected chi connectivity index (χ2v) is 6.64. The van der Waals surface area contributed by atoms with Crippen LogP contribution >= 0.6 is 23.2 Å². The molecule has 0 aliphatic heterocycles. The average Bonchev–Trinajstić information content (AvgIpc) is 2.59. The molecule has 0 bridgehead atoms. The van der Waals surface area contributed by atoms with Gasteiger partial charge in [0.2, 0.25) is 0 Å². The van der Waals surface area contributed by atoms with Gasteiger partial charge in [-0.2, -0.15) is 0 Å². The second kappa shape index (κ2) is 8.99. The molecular weight excluding hydrogens is 594 g/mol. The number of fused-ring (bicyclic) bond motifs is 1. The number of rotatable bonds is 3. The average molecular weight is 608 g/mol. The van der Waals surface area contributed by atoms with E-state index in [1.165, 1.54) is 30.3 Å². The van der Waals surface area contributed by atoms with Crippen LogP contribution in [-0.4, -0.2) is 22.0 Å². The molecule has 1 aliphatic carbocycles. The number of hydrogen-bond acceptors (Lipinski definition) is 4. The Labute approximate surface area is 195 Å². The van der Waals surface area contributed by atoms with Gasteiger partial charge in [-0.3, -0.25) is 14.9 Å². The number of benzene rings is 2. The summed E-state index contributed by atoms with van der Waals surface area (Å²) in [6.07, 6.45) is 0.214. The van der Waals surface area contributed by atoms with E-state index in [1.54, 1.807) is 6.07 Å². The van der Waals surface area contributed by atoms with Crippen molar-refractivity contribution in [2.75, 3.05) is 0 Å². The monoisotopic (exact) mass is 607 g/mol. The first-order chi connectivity index (χ1) is 11.9. The SMILES string of the molecule is O=C(NC1c2cc([N+](=O)[O-])ccc2CCC1O)c1ccc(Cl)c(Cl)c1.[Ac]. The molecular formula is C17H14AcCl2N2O4. The Morgan fingerprint density at radius 1 is 1.19 bits per heavy atom. The smallest absolute Gasteiger partial charge is 0.269 e. The molecule has 9 heteroatoms. The van der Waals surface area contributed by atoms with Gasteiger partial charge in [0.15, 0.2) is 0 Å². The molecule has 1 radical (unpaired) electrons. The predicted octanol–water partition coefficient (Wildman–Crippen LogP) is 3.68. The van der Waals surface area contributed by atoms with Gasteiger partial charge in [-0.25, -0.2) is 0 Å². The van der Waals surface area contributed by atoms with Gasteiger partial charge in [0.1, 0.15) is 0 Å². The van der Waals surface area contributed by atoms with E-state index in [9.17, 15) is 20.0 Å². The molecule has 2 unspecified atom stereocenters. The summed E-state index contributed by atoms with van der Waals surface area (Å²) in [7, 11) is 0. The minimum atomic E-state index is -0.832. The van der Waals surface area contributed by atoms with Gasteiger partial charge in [0, 0.05) is 61.8 Å². The topological polar surface area (TPSA) is 92.5 Å². The number of nitrogens with one attached hydrogen (secondary N) is 1. The van der Waals surface area contributed by atoms with Gasteiger partial charge in [0.25, 0.3) is 11.6 Å². The Hall–Kier alpha value is -0.708. The number of aryl methyl sites for hydroxylation is 1. The number of carbonyl (C=O) groups is 1. The van der Waals surface area contributed by atoms with E-state index in [0.717, 1.165) is 5.56 Å². The largest absolute Gasteiger partial charge is 0.391 e. The zero-order chi connectivity index (χ0) is 18.1. The van der Waals surface area contributed by atoms with Crippen molar-refractivity contribution in [3.8, 4) is 0 Å². The first-order valence-electron chi connectivity index (χ1n) is 7.58. The third-order valence-electron chi connectivity index (χ3n) is 4.24. The van der Waals surface area contributed by atoms with Crippen molar-refractivity contribution < 1.29 is 58.9 Å². The number of aliphatic hydroxyl groups excluding tert-OH is 1. The van der Waals surface area contributed by atoms with Crippen molar-refractivity contribution in [1.29, 1.82) is 0 Å². The molecule has 1 amide bonds. The second-order valence-electron chi connectivity index (χ2n) is 5.83. The fourth-order valence-electron chi connectivity index (χ4n) is 2.93. The molecule has 2 N–H and O–H groups in total. The predicted molar refractivity (Wildman–Crippen MR) is 94.1 cm³/mol. The van der Waals surface area contributed by atoms with Crippen LogP contribution < -0.4 is 5.32 Å². The third kappa shape index (κ3) is 4.58. The summed E-state index contributed by atoms with van der Waals surface area (Å²) in [5, 5.41) is 24.6. The molecule has 0 fully saturated rings. The van der Waals surface area contributed by atoms with E-state index in [4.69, 9.17) is 23.2 Å². The number of halogens is 2. The van der Waals surface area contributed by atoms with E-state index < -0.39 is 23.0 Å². The van der Waals surface area contributed by atoms with Crippen LogP contribution in [0, 0.1) is 54.2 Å². The summed E-state index contributed by atoms with van der Waals surface area (Å²) in [5.41, 5.74) is 1.64. The number of hydrogen-bond donors (Lipinski definition) is 2. The normalized spacial score (nSPS) is 18.4. The Kier molecular flexibility index (Phi) is 7.46. The van der Waals surface area contributed by atoms with Crippen LogP contribution in [0.1, 0.15) is 33.9 Å². The molecule has 0 saturated carbocycles. The fourth-order valence-corrected chi connectivity index (χ4v) is 3.22. The number of amides is 1. The van der Waals surface area contributed by atoms with Gasteiger partial charge in [-0.1, -0.05) is 29.3 Å². The number of nitrogens with zero attached hydrogens (tertiary/aromatic N) is 1. The molecule has 0 spiro atoms. The quantitative estimate of drug-likeness (QED) is 0.411. The Bertz CT molecular complexity index is 863. The maximum atomic E-state index is 12.5. The summed E-state index contributed by atoms with van der Waals surface area (Å²) in [6, 6.07) is 8.22. The van der Waals surface area contributed by atoms with Crippen LogP contribution in [0.2, 0.25) is 10.0 Å². The van der Waals surface area contributed by atoms with Crippen molar-refractivity contribution >= 4 is 34.8 Å². The molecule has 133 valence electrons. The van der Waals surface area contributed by atoms with Crippen molar-refractivity contribution in [3.05, 3.63) is 73.2 Å². The molecule has 26 heavy (non-hydrogen) atoms. The molecule has 0 saturated heterocycles. The Morgan fingerprint density at radius 3 is 2.58 bits per heavy atom. The standard InChI is InChI=1S/C17H14Cl2N2O4.Ac/c18-13-5-2-10(7-14(13)19)17(23)20-16-12-8-11(21(24)25)4-1-9(12)3-6-15(16)22;/h1-2,4-5,7-8,15-16,22H,3,6H2,(H,20,23);. The number of nitro groups is 1.